The highest BCUT2D eigenvalue weighted by atomic mass is 16.3. The summed E-state index contributed by atoms with van der Waals surface area (Å²) in [7, 11) is 0. The fourth-order valence-electron chi connectivity index (χ4n) is 3.40. The van der Waals surface area contributed by atoms with Crippen molar-refractivity contribution in [2.45, 2.75) is 33.2 Å². The minimum absolute atomic E-state index is 0.319. The number of rotatable bonds is 5. The summed E-state index contributed by atoms with van der Waals surface area (Å²) in [6.07, 6.45) is 1.26. The number of fused-ring (bicyclic) bond motifs is 1. The highest BCUT2D eigenvalue weighted by Crippen LogP contribution is 2.32. The predicted molar refractivity (Wildman–Crippen MR) is 87.5 cm³/mol. The number of hydrogen-bond acceptors (Lipinski definition) is 3. The van der Waals surface area contributed by atoms with Gasteiger partial charge in [-0.3, -0.25) is 4.90 Å². The average molecular weight is 286 g/mol. The van der Waals surface area contributed by atoms with Gasteiger partial charge < -0.3 is 9.73 Å². The van der Waals surface area contributed by atoms with E-state index < -0.39 is 0 Å². The van der Waals surface area contributed by atoms with Crippen LogP contribution in [-0.4, -0.2) is 31.1 Å². The fourth-order valence-corrected chi connectivity index (χ4v) is 3.40. The topological polar surface area (TPSA) is 28.4 Å². The van der Waals surface area contributed by atoms with Crippen LogP contribution >= 0.6 is 0 Å². The van der Waals surface area contributed by atoms with Crippen molar-refractivity contribution in [2.24, 2.45) is 5.41 Å². The van der Waals surface area contributed by atoms with E-state index >= 15 is 0 Å². The molecule has 3 rings (SSSR count). The summed E-state index contributed by atoms with van der Waals surface area (Å²) in [5, 5.41) is 4.69. The molecule has 0 amide bonds. The predicted octanol–water partition coefficient (Wildman–Crippen LogP) is 3.82. The lowest BCUT2D eigenvalue weighted by molar-refractivity contribution is 0.132. The van der Waals surface area contributed by atoms with Crippen LogP contribution in [0.3, 0.4) is 0 Å². The Labute approximate surface area is 127 Å². The first-order valence-electron chi connectivity index (χ1n) is 8.04. The molecule has 1 aromatic carbocycles. The molecule has 2 unspecified atom stereocenters. The van der Waals surface area contributed by atoms with Crippen LogP contribution in [0.5, 0.6) is 0 Å². The minimum atomic E-state index is 0.319. The molecule has 1 fully saturated rings. The van der Waals surface area contributed by atoms with Crippen LogP contribution in [0.4, 0.5) is 0 Å². The van der Waals surface area contributed by atoms with Crippen molar-refractivity contribution in [3.8, 4) is 0 Å². The molecule has 3 heteroatoms. The first-order valence-corrected chi connectivity index (χ1v) is 8.04. The highest BCUT2D eigenvalue weighted by Gasteiger charge is 2.32. The number of furan rings is 1. The van der Waals surface area contributed by atoms with Crippen molar-refractivity contribution >= 4 is 11.0 Å². The molecule has 1 N–H and O–H groups in total. The highest BCUT2D eigenvalue weighted by molar-refractivity contribution is 5.77. The molecule has 2 aromatic rings. The van der Waals surface area contributed by atoms with Crippen LogP contribution in [0, 0.1) is 5.41 Å². The summed E-state index contributed by atoms with van der Waals surface area (Å²) in [6, 6.07) is 10.8. The van der Waals surface area contributed by atoms with Crippen LogP contribution in [-0.2, 0) is 0 Å². The molecule has 114 valence electrons. The van der Waals surface area contributed by atoms with Crippen molar-refractivity contribution < 1.29 is 4.42 Å². The van der Waals surface area contributed by atoms with Gasteiger partial charge in [0.15, 0.2) is 0 Å². The van der Waals surface area contributed by atoms with Gasteiger partial charge in [0.25, 0.3) is 0 Å². The quantitative estimate of drug-likeness (QED) is 0.906. The molecule has 1 aliphatic heterocycles. The van der Waals surface area contributed by atoms with E-state index in [1.807, 2.05) is 12.1 Å². The smallest absolute Gasteiger partial charge is 0.134 e. The Kier molecular flexibility index (Phi) is 4.05. The summed E-state index contributed by atoms with van der Waals surface area (Å²) in [6.45, 7) is 11.3. The third kappa shape index (κ3) is 2.99. The van der Waals surface area contributed by atoms with Crippen molar-refractivity contribution in [3.63, 3.8) is 0 Å². The number of nitrogens with one attached hydrogen (secondary N) is 1. The van der Waals surface area contributed by atoms with Gasteiger partial charge in [-0.15, -0.1) is 0 Å². The minimum Gasteiger partial charge on any atom is -0.459 e. The molecule has 2 heterocycles. The summed E-state index contributed by atoms with van der Waals surface area (Å²) < 4.78 is 6.05. The van der Waals surface area contributed by atoms with E-state index in [-0.39, 0.29) is 0 Å². The number of nitrogens with zero attached hydrogens (tertiary/aromatic N) is 1. The third-order valence-corrected chi connectivity index (χ3v) is 4.85. The van der Waals surface area contributed by atoms with Crippen molar-refractivity contribution in [1.82, 2.24) is 10.2 Å². The number of benzene rings is 1. The van der Waals surface area contributed by atoms with E-state index in [0.29, 0.717) is 11.5 Å². The summed E-state index contributed by atoms with van der Waals surface area (Å²) >= 11 is 0. The zero-order valence-electron chi connectivity index (χ0n) is 13.4. The lowest BCUT2D eigenvalue weighted by Crippen LogP contribution is -2.38. The molecule has 2 atom stereocenters. The lowest BCUT2D eigenvalue weighted by atomic mass is 9.88. The molecule has 0 bridgehead atoms. The second kappa shape index (κ2) is 5.82. The molecule has 3 nitrogen and oxygen atoms in total. The molecule has 0 radical (unpaired) electrons. The monoisotopic (exact) mass is 286 g/mol. The van der Waals surface area contributed by atoms with Gasteiger partial charge >= 0.3 is 0 Å². The third-order valence-electron chi connectivity index (χ3n) is 4.85. The van der Waals surface area contributed by atoms with Crippen LogP contribution < -0.4 is 5.32 Å². The Morgan fingerprint density at radius 2 is 2.19 bits per heavy atom. The zero-order valence-corrected chi connectivity index (χ0v) is 13.4. The van der Waals surface area contributed by atoms with Gasteiger partial charge in [0, 0.05) is 18.5 Å². The van der Waals surface area contributed by atoms with Gasteiger partial charge in [0.05, 0.1) is 6.04 Å². The van der Waals surface area contributed by atoms with E-state index in [1.165, 1.54) is 11.8 Å². The Hall–Kier alpha value is -1.32. The van der Waals surface area contributed by atoms with E-state index in [9.17, 15) is 0 Å². The Bertz CT molecular complexity index is 565. The maximum absolute atomic E-state index is 6.05. The molecule has 1 aliphatic rings. The molecule has 1 aromatic heterocycles. The molecule has 1 saturated heterocycles. The summed E-state index contributed by atoms with van der Waals surface area (Å²) in [4.78, 5) is 2.53. The lowest BCUT2D eigenvalue weighted by Gasteiger charge is -2.34. The Balaban J connectivity index is 1.79. The standard InChI is InChI=1S/C18H26N2O/c1-4-20(13-18(3)9-10-19-12-18)14(2)17-11-15-7-5-6-8-16(15)21-17/h5-8,11,14,19H,4,9-10,12-13H2,1-3H3. The second-order valence-corrected chi connectivity index (χ2v) is 6.66. The number of hydrogen-bond donors (Lipinski definition) is 1. The zero-order chi connectivity index (χ0) is 14.9. The van der Waals surface area contributed by atoms with Gasteiger partial charge in [0.1, 0.15) is 11.3 Å². The van der Waals surface area contributed by atoms with E-state index in [1.54, 1.807) is 0 Å². The van der Waals surface area contributed by atoms with Gasteiger partial charge in [-0.1, -0.05) is 32.0 Å². The average Bonchev–Trinajstić information content (AvgIpc) is 3.10. The van der Waals surface area contributed by atoms with Crippen LogP contribution in [0.2, 0.25) is 0 Å². The molecular formula is C18H26N2O. The molecule has 0 aliphatic carbocycles. The van der Waals surface area contributed by atoms with E-state index in [2.05, 4.69) is 49.2 Å². The fraction of sp³-hybridized carbons (Fsp3) is 0.556. The SMILES string of the molecule is CCN(CC1(C)CCNC1)C(C)c1cc2ccccc2o1. The van der Waals surface area contributed by atoms with Crippen LogP contribution in [0.1, 0.15) is 39.0 Å². The van der Waals surface area contributed by atoms with Crippen LogP contribution in [0.25, 0.3) is 11.0 Å². The maximum Gasteiger partial charge on any atom is 0.134 e. The van der Waals surface area contributed by atoms with E-state index in [0.717, 1.165) is 37.5 Å². The van der Waals surface area contributed by atoms with Crippen molar-refractivity contribution in [2.75, 3.05) is 26.2 Å². The number of para-hydroxylation sites is 1. The van der Waals surface area contributed by atoms with Crippen molar-refractivity contribution in [1.29, 1.82) is 0 Å². The molecular weight excluding hydrogens is 260 g/mol. The normalized spacial score (nSPS) is 24.0. The first kappa shape index (κ1) is 14.6. The van der Waals surface area contributed by atoms with Gasteiger partial charge in [-0.05, 0) is 44.0 Å². The largest absolute Gasteiger partial charge is 0.459 e. The van der Waals surface area contributed by atoms with Gasteiger partial charge in [0.2, 0.25) is 0 Å². The molecule has 21 heavy (non-hydrogen) atoms. The van der Waals surface area contributed by atoms with E-state index in [4.69, 9.17) is 4.42 Å². The second-order valence-electron chi connectivity index (χ2n) is 6.66. The molecule has 0 saturated carbocycles. The Morgan fingerprint density at radius 3 is 2.86 bits per heavy atom. The van der Waals surface area contributed by atoms with Gasteiger partial charge in [-0.25, -0.2) is 0 Å². The Morgan fingerprint density at radius 1 is 1.38 bits per heavy atom. The maximum atomic E-state index is 6.05. The summed E-state index contributed by atoms with van der Waals surface area (Å²) in [5.41, 5.74) is 1.38. The summed E-state index contributed by atoms with van der Waals surface area (Å²) in [5.74, 6) is 1.08. The first-order chi connectivity index (χ1) is 10.1. The van der Waals surface area contributed by atoms with Crippen molar-refractivity contribution in [3.05, 3.63) is 36.1 Å². The van der Waals surface area contributed by atoms with Crippen LogP contribution in [0.15, 0.2) is 34.7 Å². The van der Waals surface area contributed by atoms with Gasteiger partial charge in [-0.2, -0.15) is 0 Å². The molecule has 0 spiro atoms.